The first-order valence-electron chi connectivity index (χ1n) is 5.71. The second-order valence-corrected chi connectivity index (χ2v) is 4.18. The number of amides is 2. The highest BCUT2D eigenvalue weighted by molar-refractivity contribution is 5.84. The second-order valence-electron chi connectivity index (χ2n) is 4.18. The lowest BCUT2D eigenvalue weighted by Crippen LogP contribution is -2.36. The van der Waals surface area contributed by atoms with Crippen molar-refractivity contribution in [3.05, 3.63) is 29.8 Å². The highest BCUT2D eigenvalue weighted by atomic mass is 19.4. The third-order valence-electron chi connectivity index (χ3n) is 2.55. The van der Waals surface area contributed by atoms with Gasteiger partial charge in [-0.3, -0.25) is 9.59 Å². The zero-order valence-electron chi connectivity index (χ0n) is 10.4. The van der Waals surface area contributed by atoms with Gasteiger partial charge < -0.3 is 16.8 Å². The number of carbonyl (C=O) groups is 2. The minimum Gasteiger partial charge on any atom is -0.374 e. The molecule has 1 aromatic rings. The van der Waals surface area contributed by atoms with Crippen LogP contribution in [0.1, 0.15) is 18.4 Å². The van der Waals surface area contributed by atoms with E-state index in [9.17, 15) is 22.8 Å². The van der Waals surface area contributed by atoms with E-state index in [-0.39, 0.29) is 18.5 Å². The van der Waals surface area contributed by atoms with Crippen LogP contribution in [0.15, 0.2) is 24.3 Å². The van der Waals surface area contributed by atoms with Crippen molar-refractivity contribution in [2.45, 2.75) is 25.1 Å². The minimum absolute atomic E-state index is 0.0148. The molecule has 2 amide bonds. The Morgan fingerprint density at radius 3 is 2.40 bits per heavy atom. The summed E-state index contributed by atoms with van der Waals surface area (Å²) >= 11 is 0. The van der Waals surface area contributed by atoms with Gasteiger partial charge in [0.25, 0.3) is 0 Å². The molecule has 0 spiro atoms. The monoisotopic (exact) mass is 289 g/mol. The summed E-state index contributed by atoms with van der Waals surface area (Å²) in [6.07, 6.45) is -4.56. The summed E-state index contributed by atoms with van der Waals surface area (Å²) in [5, 5.41) is 2.56. The number of alkyl halides is 3. The van der Waals surface area contributed by atoms with E-state index in [1.54, 1.807) is 0 Å². The van der Waals surface area contributed by atoms with Crippen molar-refractivity contribution in [2.75, 3.05) is 5.32 Å². The van der Waals surface area contributed by atoms with Crippen LogP contribution in [0, 0.1) is 0 Å². The predicted octanol–water partition coefficient (Wildman–Crippen LogP) is 1.24. The van der Waals surface area contributed by atoms with Gasteiger partial charge in [0.15, 0.2) is 0 Å². The van der Waals surface area contributed by atoms with Gasteiger partial charge in [-0.15, -0.1) is 0 Å². The van der Waals surface area contributed by atoms with Gasteiger partial charge in [-0.1, -0.05) is 6.07 Å². The van der Waals surface area contributed by atoms with Gasteiger partial charge in [-0.25, -0.2) is 0 Å². The molecular weight excluding hydrogens is 275 g/mol. The molecule has 1 atom stereocenters. The second kappa shape index (κ2) is 6.27. The molecule has 0 heterocycles. The first-order valence-corrected chi connectivity index (χ1v) is 5.71. The van der Waals surface area contributed by atoms with E-state index in [0.717, 1.165) is 12.1 Å². The Bertz CT molecular complexity index is 503. The first kappa shape index (κ1) is 15.8. The smallest absolute Gasteiger partial charge is 0.374 e. The molecule has 0 saturated heterocycles. The summed E-state index contributed by atoms with van der Waals surface area (Å²) < 4.78 is 37.6. The zero-order valence-corrected chi connectivity index (χ0v) is 10.4. The maximum atomic E-state index is 12.5. The maximum absolute atomic E-state index is 12.5. The topological polar surface area (TPSA) is 98.2 Å². The fourth-order valence-electron chi connectivity index (χ4n) is 1.56. The fraction of sp³-hybridized carbons (Fsp3) is 0.333. The van der Waals surface area contributed by atoms with Crippen molar-refractivity contribution in [3.8, 4) is 0 Å². The molecule has 5 N–H and O–H groups in total. The van der Waals surface area contributed by atoms with Crippen molar-refractivity contribution in [3.63, 3.8) is 0 Å². The summed E-state index contributed by atoms with van der Waals surface area (Å²) in [5.74, 6) is -1.40. The molecule has 0 aliphatic heterocycles. The molecule has 0 bridgehead atoms. The molecule has 0 aromatic heterocycles. The van der Waals surface area contributed by atoms with Gasteiger partial charge >= 0.3 is 6.18 Å². The normalized spacial score (nSPS) is 12.8. The van der Waals surface area contributed by atoms with E-state index in [4.69, 9.17) is 11.5 Å². The van der Waals surface area contributed by atoms with Crippen molar-refractivity contribution >= 4 is 17.5 Å². The molecule has 1 aromatic carbocycles. The number of hydrogen-bond donors (Lipinski definition) is 3. The number of nitrogens with two attached hydrogens (primary N) is 2. The molecule has 5 nitrogen and oxygen atoms in total. The van der Waals surface area contributed by atoms with E-state index in [2.05, 4.69) is 5.32 Å². The highest BCUT2D eigenvalue weighted by Gasteiger charge is 2.30. The molecule has 0 aliphatic rings. The summed E-state index contributed by atoms with van der Waals surface area (Å²) in [5.41, 5.74) is 9.31. The Balaban J connectivity index is 2.83. The third kappa shape index (κ3) is 4.79. The average molecular weight is 289 g/mol. The molecule has 20 heavy (non-hydrogen) atoms. The maximum Gasteiger partial charge on any atom is 0.416 e. The number of rotatable bonds is 6. The number of benzene rings is 1. The van der Waals surface area contributed by atoms with Crippen molar-refractivity contribution < 1.29 is 22.8 Å². The molecule has 0 fully saturated rings. The van der Waals surface area contributed by atoms with Crippen LogP contribution >= 0.6 is 0 Å². The number of halogens is 3. The van der Waals surface area contributed by atoms with Crippen LogP contribution < -0.4 is 16.8 Å². The van der Waals surface area contributed by atoms with Gasteiger partial charge in [0.2, 0.25) is 11.8 Å². The number of carbonyl (C=O) groups excluding carboxylic acids is 2. The molecule has 0 radical (unpaired) electrons. The van der Waals surface area contributed by atoms with E-state index in [0.29, 0.717) is 0 Å². The molecule has 8 heteroatoms. The highest BCUT2D eigenvalue weighted by Crippen LogP contribution is 2.30. The number of anilines is 1. The van der Waals surface area contributed by atoms with Crippen LogP contribution in [0.2, 0.25) is 0 Å². The van der Waals surface area contributed by atoms with Gasteiger partial charge in [0, 0.05) is 12.1 Å². The summed E-state index contributed by atoms with van der Waals surface area (Å²) in [6.45, 7) is 0. The van der Waals surface area contributed by atoms with Crippen LogP contribution in [-0.4, -0.2) is 17.9 Å². The summed E-state index contributed by atoms with van der Waals surface area (Å²) in [4.78, 5) is 21.8. The van der Waals surface area contributed by atoms with Crippen LogP contribution in [0.25, 0.3) is 0 Å². The first-order chi connectivity index (χ1) is 9.20. The number of nitrogens with one attached hydrogen (secondary N) is 1. The Kier molecular flexibility index (Phi) is 4.95. The predicted molar refractivity (Wildman–Crippen MR) is 66.5 cm³/mol. The molecule has 0 saturated carbocycles. The van der Waals surface area contributed by atoms with Gasteiger partial charge in [-0.05, 0) is 24.6 Å². The molecule has 0 aliphatic carbocycles. The quantitative estimate of drug-likeness (QED) is 0.734. The zero-order chi connectivity index (χ0) is 15.3. The molecule has 110 valence electrons. The summed E-state index contributed by atoms with van der Waals surface area (Å²) in [6, 6.07) is 3.38. The average Bonchev–Trinajstić information content (AvgIpc) is 2.33. The van der Waals surface area contributed by atoms with Crippen LogP contribution in [-0.2, 0) is 15.8 Å². The Morgan fingerprint density at radius 2 is 1.90 bits per heavy atom. The lowest BCUT2D eigenvalue weighted by Gasteiger charge is -2.17. The van der Waals surface area contributed by atoms with E-state index in [1.807, 2.05) is 0 Å². The van der Waals surface area contributed by atoms with Crippen LogP contribution in [0.4, 0.5) is 18.9 Å². The van der Waals surface area contributed by atoms with Crippen LogP contribution in [0.5, 0.6) is 0 Å². The molecule has 0 unspecified atom stereocenters. The van der Waals surface area contributed by atoms with Crippen molar-refractivity contribution in [1.82, 2.24) is 0 Å². The van der Waals surface area contributed by atoms with Crippen LogP contribution in [0.3, 0.4) is 0 Å². The standard InChI is InChI=1S/C12H14F3N3O2/c13-12(14,15)7-2-1-3-8(6-7)18-9(11(17)20)4-5-10(16)19/h1-3,6,9,18H,4-5H2,(H2,16,19)(H2,17,20)/t9-/m0/s1. The Labute approximate surface area is 113 Å². The largest absolute Gasteiger partial charge is 0.416 e. The van der Waals surface area contributed by atoms with Crippen molar-refractivity contribution in [2.24, 2.45) is 11.5 Å². The third-order valence-corrected chi connectivity index (χ3v) is 2.55. The Morgan fingerprint density at radius 1 is 1.25 bits per heavy atom. The number of primary amides is 2. The SMILES string of the molecule is NC(=O)CC[C@H](Nc1cccc(C(F)(F)F)c1)C(N)=O. The molecule has 1 rings (SSSR count). The van der Waals surface area contributed by atoms with E-state index >= 15 is 0 Å². The number of hydrogen-bond acceptors (Lipinski definition) is 3. The van der Waals surface area contributed by atoms with Gasteiger partial charge in [0.05, 0.1) is 5.56 Å². The van der Waals surface area contributed by atoms with Gasteiger partial charge in [0.1, 0.15) is 6.04 Å². The van der Waals surface area contributed by atoms with Gasteiger partial charge in [-0.2, -0.15) is 13.2 Å². The van der Waals surface area contributed by atoms with Crippen molar-refractivity contribution in [1.29, 1.82) is 0 Å². The minimum atomic E-state index is -4.48. The summed E-state index contributed by atoms with van der Waals surface area (Å²) in [7, 11) is 0. The fourth-order valence-corrected chi connectivity index (χ4v) is 1.56. The lowest BCUT2D eigenvalue weighted by molar-refractivity contribution is -0.137. The molecular formula is C12H14F3N3O2. The lowest BCUT2D eigenvalue weighted by atomic mass is 10.1. The Hall–Kier alpha value is -2.25. The van der Waals surface area contributed by atoms with E-state index < -0.39 is 29.6 Å². The van der Waals surface area contributed by atoms with E-state index in [1.165, 1.54) is 12.1 Å².